The van der Waals surface area contributed by atoms with E-state index in [0.29, 0.717) is 17.0 Å². The largest absolute Gasteiger partial charge is 0.748 e. The molecule has 94 valence electrons. The van der Waals surface area contributed by atoms with Crippen LogP contribution in [0.15, 0.2) is 36.7 Å². The molecule has 18 heavy (non-hydrogen) atoms. The van der Waals surface area contributed by atoms with Crippen LogP contribution >= 0.6 is 0 Å². The first-order valence-corrected chi connectivity index (χ1v) is 6.83. The number of hydrogen-bond donors (Lipinski definition) is 0. The Kier molecular flexibility index (Phi) is 3.40. The third-order valence-corrected chi connectivity index (χ3v) is 3.03. The average Bonchev–Trinajstić information content (AvgIpc) is 2.27. The fraction of sp³-hybridized carbons (Fsp3) is 0.167. The van der Waals surface area contributed by atoms with Gasteiger partial charge in [0.25, 0.3) is 0 Å². The zero-order chi connectivity index (χ0) is 13.2. The SMILES string of the molecule is Cc1ccnc(-c2cc(CS(=O)(=O)[O-])ccn2)c1. The summed E-state index contributed by atoms with van der Waals surface area (Å²) >= 11 is 0. The minimum absolute atomic E-state index is 0.415. The Morgan fingerprint density at radius 2 is 1.72 bits per heavy atom. The van der Waals surface area contributed by atoms with Crippen LogP contribution in [0.4, 0.5) is 0 Å². The van der Waals surface area contributed by atoms with Crippen molar-refractivity contribution in [1.29, 1.82) is 0 Å². The molecule has 6 heteroatoms. The van der Waals surface area contributed by atoms with Gasteiger partial charge in [0.1, 0.15) is 0 Å². The predicted molar refractivity (Wildman–Crippen MR) is 65.6 cm³/mol. The zero-order valence-electron chi connectivity index (χ0n) is 9.70. The molecule has 0 N–H and O–H groups in total. The van der Waals surface area contributed by atoms with Crippen molar-refractivity contribution in [2.75, 3.05) is 0 Å². The second-order valence-electron chi connectivity index (χ2n) is 3.97. The Balaban J connectivity index is 2.38. The average molecular weight is 263 g/mol. The quantitative estimate of drug-likeness (QED) is 0.783. The fourth-order valence-electron chi connectivity index (χ4n) is 1.58. The van der Waals surface area contributed by atoms with Gasteiger partial charge in [-0.2, -0.15) is 0 Å². The van der Waals surface area contributed by atoms with E-state index in [9.17, 15) is 13.0 Å². The highest BCUT2D eigenvalue weighted by Crippen LogP contribution is 2.17. The Hall–Kier alpha value is -1.79. The molecule has 0 fully saturated rings. The lowest BCUT2D eigenvalue weighted by molar-refractivity contribution is 0.462. The van der Waals surface area contributed by atoms with E-state index < -0.39 is 15.9 Å². The number of rotatable bonds is 3. The third-order valence-electron chi connectivity index (χ3n) is 2.35. The molecule has 0 atom stereocenters. The summed E-state index contributed by atoms with van der Waals surface area (Å²) in [5.41, 5.74) is 2.65. The molecule has 0 aliphatic carbocycles. The highest BCUT2D eigenvalue weighted by Gasteiger charge is 2.04. The van der Waals surface area contributed by atoms with E-state index in [1.165, 1.54) is 12.3 Å². The molecule has 0 saturated carbocycles. The van der Waals surface area contributed by atoms with Gasteiger partial charge in [0.2, 0.25) is 0 Å². The van der Waals surface area contributed by atoms with Gasteiger partial charge in [-0.25, -0.2) is 8.42 Å². The first-order valence-electron chi connectivity index (χ1n) is 5.25. The molecule has 0 radical (unpaired) electrons. The van der Waals surface area contributed by atoms with Gasteiger partial charge < -0.3 is 4.55 Å². The summed E-state index contributed by atoms with van der Waals surface area (Å²) in [5, 5.41) is 0. The van der Waals surface area contributed by atoms with Gasteiger partial charge in [-0.3, -0.25) is 9.97 Å². The van der Waals surface area contributed by atoms with Gasteiger partial charge in [0.15, 0.2) is 0 Å². The summed E-state index contributed by atoms with van der Waals surface area (Å²) in [6.45, 7) is 1.93. The number of pyridine rings is 2. The Labute approximate surface area is 105 Å². The smallest absolute Gasteiger partial charge is 0.0988 e. The molecule has 2 aromatic rings. The van der Waals surface area contributed by atoms with Crippen LogP contribution in [0.5, 0.6) is 0 Å². The van der Waals surface area contributed by atoms with Gasteiger partial charge in [-0.1, -0.05) is 0 Å². The number of aryl methyl sites for hydroxylation is 1. The molecule has 0 spiro atoms. The van der Waals surface area contributed by atoms with Crippen LogP contribution in [0.2, 0.25) is 0 Å². The number of nitrogens with zero attached hydrogens (tertiary/aromatic N) is 2. The molecule has 0 bridgehead atoms. The van der Waals surface area contributed by atoms with Gasteiger partial charge in [0.05, 0.1) is 27.3 Å². The lowest BCUT2D eigenvalue weighted by Gasteiger charge is -2.08. The van der Waals surface area contributed by atoms with Crippen molar-refractivity contribution in [2.24, 2.45) is 0 Å². The normalized spacial score (nSPS) is 11.4. The number of aromatic nitrogens is 2. The lowest BCUT2D eigenvalue weighted by Crippen LogP contribution is -2.02. The van der Waals surface area contributed by atoms with Crippen molar-refractivity contribution in [3.05, 3.63) is 47.8 Å². The van der Waals surface area contributed by atoms with E-state index >= 15 is 0 Å². The second-order valence-corrected chi connectivity index (χ2v) is 5.37. The van der Waals surface area contributed by atoms with E-state index in [1.807, 2.05) is 19.1 Å². The Bertz CT molecular complexity index is 669. The van der Waals surface area contributed by atoms with E-state index in [4.69, 9.17) is 0 Å². The number of hydrogen-bond acceptors (Lipinski definition) is 5. The summed E-state index contributed by atoms with van der Waals surface area (Å²) in [6, 6.07) is 6.78. The van der Waals surface area contributed by atoms with Crippen molar-refractivity contribution >= 4 is 10.1 Å². The molecule has 0 aliphatic rings. The Morgan fingerprint density at radius 1 is 1.11 bits per heavy atom. The van der Waals surface area contributed by atoms with Gasteiger partial charge >= 0.3 is 0 Å². The summed E-state index contributed by atoms with van der Waals surface area (Å²) in [7, 11) is -4.28. The van der Waals surface area contributed by atoms with Crippen LogP contribution in [0, 0.1) is 6.92 Å². The third kappa shape index (κ3) is 3.35. The molecule has 2 aromatic heterocycles. The molecule has 2 heterocycles. The van der Waals surface area contributed by atoms with Gasteiger partial charge in [-0.05, 0) is 42.3 Å². The van der Waals surface area contributed by atoms with Crippen molar-refractivity contribution in [1.82, 2.24) is 9.97 Å². The molecule has 0 aliphatic heterocycles. The molecule has 0 unspecified atom stereocenters. The zero-order valence-corrected chi connectivity index (χ0v) is 10.5. The van der Waals surface area contributed by atoms with Crippen LogP contribution < -0.4 is 0 Å². The standard InChI is InChI=1S/C12H12N2O3S/c1-9-2-4-13-11(6-9)12-7-10(3-5-14-12)8-18(15,16)17/h2-7H,8H2,1H3,(H,15,16,17)/p-1. The van der Waals surface area contributed by atoms with Crippen molar-refractivity contribution in [2.45, 2.75) is 12.7 Å². The monoisotopic (exact) mass is 263 g/mol. The van der Waals surface area contributed by atoms with Crippen LogP contribution in [-0.2, 0) is 15.9 Å². The molecule has 5 nitrogen and oxygen atoms in total. The second kappa shape index (κ2) is 4.83. The highest BCUT2D eigenvalue weighted by atomic mass is 32.2. The highest BCUT2D eigenvalue weighted by molar-refractivity contribution is 7.84. The van der Waals surface area contributed by atoms with Gasteiger partial charge in [0, 0.05) is 12.4 Å². The summed E-state index contributed by atoms with van der Waals surface area (Å²) in [6.07, 6.45) is 3.13. The molecule has 0 saturated heterocycles. The van der Waals surface area contributed by atoms with Crippen molar-refractivity contribution < 1.29 is 13.0 Å². The maximum Gasteiger partial charge on any atom is 0.0988 e. The van der Waals surface area contributed by atoms with Crippen molar-refractivity contribution in [3.63, 3.8) is 0 Å². The van der Waals surface area contributed by atoms with E-state index in [2.05, 4.69) is 9.97 Å². The molecular weight excluding hydrogens is 252 g/mol. The van der Waals surface area contributed by atoms with E-state index in [1.54, 1.807) is 12.3 Å². The Morgan fingerprint density at radius 3 is 2.33 bits per heavy atom. The minimum atomic E-state index is -4.28. The fourth-order valence-corrected chi connectivity index (χ4v) is 2.17. The van der Waals surface area contributed by atoms with Crippen molar-refractivity contribution in [3.8, 4) is 11.4 Å². The lowest BCUT2D eigenvalue weighted by atomic mass is 10.1. The van der Waals surface area contributed by atoms with Crippen LogP contribution in [0.1, 0.15) is 11.1 Å². The van der Waals surface area contributed by atoms with Crippen LogP contribution in [0.3, 0.4) is 0 Å². The maximum atomic E-state index is 10.7. The van der Waals surface area contributed by atoms with Crippen LogP contribution in [-0.4, -0.2) is 22.9 Å². The topological polar surface area (TPSA) is 83.0 Å². The molecular formula is C12H11N2O3S-. The minimum Gasteiger partial charge on any atom is -0.748 e. The van der Waals surface area contributed by atoms with E-state index in [0.717, 1.165) is 5.56 Å². The first-order chi connectivity index (χ1) is 8.44. The summed E-state index contributed by atoms with van der Waals surface area (Å²) < 4.78 is 32.1. The molecule has 2 rings (SSSR count). The van der Waals surface area contributed by atoms with E-state index in [-0.39, 0.29) is 0 Å². The van der Waals surface area contributed by atoms with Gasteiger partial charge in [-0.15, -0.1) is 0 Å². The first kappa shape index (κ1) is 12.7. The van der Waals surface area contributed by atoms with Crippen LogP contribution in [0.25, 0.3) is 11.4 Å². The molecule has 0 amide bonds. The predicted octanol–water partition coefficient (Wildman–Crippen LogP) is 1.50. The maximum absolute atomic E-state index is 10.7. The molecule has 0 aromatic carbocycles. The summed E-state index contributed by atoms with van der Waals surface area (Å²) in [5.74, 6) is -0.533. The summed E-state index contributed by atoms with van der Waals surface area (Å²) in [4.78, 5) is 8.28.